The number of hydrogen-bond acceptors (Lipinski definition) is 2. The number of hydrogen-bond donors (Lipinski definition) is 0. The normalized spacial score (nSPS) is 20.5. The lowest BCUT2D eigenvalue weighted by molar-refractivity contribution is 0.496. The summed E-state index contributed by atoms with van der Waals surface area (Å²) in [5, 5.41) is 0.289. The number of nitrogens with zero attached hydrogens (tertiary/aromatic N) is 2. The summed E-state index contributed by atoms with van der Waals surface area (Å²) in [6.07, 6.45) is 8.93. The van der Waals surface area contributed by atoms with Crippen LogP contribution in [0.2, 0.25) is 5.15 Å². The molecule has 1 atom stereocenters. The maximum Gasteiger partial charge on any atom is 0.268 e. The van der Waals surface area contributed by atoms with E-state index >= 15 is 0 Å². The van der Waals surface area contributed by atoms with Crippen LogP contribution in [0.4, 0.5) is 0 Å². The van der Waals surface area contributed by atoms with Crippen molar-refractivity contribution in [2.75, 3.05) is 0 Å². The van der Waals surface area contributed by atoms with Gasteiger partial charge in [0.25, 0.3) is 5.56 Å². The molecule has 1 aromatic heterocycles. The quantitative estimate of drug-likeness (QED) is 0.449. The van der Waals surface area contributed by atoms with E-state index in [0.29, 0.717) is 3.57 Å². The molecule has 3 nitrogen and oxygen atoms in total. The number of aromatic nitrogens is 2. The largest absolute Gasteiger partial charge is 0.291 e. The summed E-state index contributed by atoms with van der Waals surface area (Å²) in [5.74, 6) is 0. The lowest BCUT2D eigenvalue weighted by atomic mass is 10.0. The third-order valence-corrected chi connectivity index (χ3v) is 4.06. The first kappa shape index (κ1) is 11.1. The van der Waals surface area contributed by atoms with E-state index in [1.54, 1.807) is 4.57 Å². The second-order valence-electron chi connectivity index (χ2n) is 3.49. The van der Waals surface area contributed by atoms with Crippen molar-refractivity contribution in [3.63, 3.8) is 0 Å². The molecule has 0 aromatic carbocycles. The summed E-state index contributed by atoms with van der Waals surface area (Å²) in [7, 11) is 0. The number of rotatable bonds is 1. The summed E-state index contributed by atoms with van der Waals surface area (Å²) in [4.78, 5) is 15.9. The smallest absolute Gasteiger partial charge is 0.268 e. The zero-order valence-electron chi connectivity index (χ0n) is 7.99. The van der Waals surface area contributed by atoms with E-state index in [4.69, 9.17) is 11.6 Å². The van der Waals surface area contributed by atoms with E-state index in [9.17, 15) is 4.79 Å². The van der Waals surface area contributed by atoms with Gasteiger partial charge in [-0.1, -0.05) is 23.8 Å². The Morgan fingerprint density at radius 3 is 3.07 bits per heavy atom. The highest BCUT2D eigenvalue weighted by Gasteiger charge is 2.14. The Balaban J connectivity index is 2.45. The molecule has 1 aliphatic rings. The first-order valence-corrected chi connectivity index (χ1v) is 6.24. The molecule has 1 heterocycles. The Morgan fingerprint density at radius 2 is 2.40 bits per heavy atom. The van der Waals surface area contributed by atoms with Gasteiger partial charge in [-0.2, -0.15) is 0 Å². The van der Waals surface area contributed by atoms with Crippen molar-refractivity contribution in [1.29, 1.82) is 0 Å². The van der Waals surface area contributed by atoms with E-state index in [1.807, 2.05) is 22.6 Å². The van der Waals surface area contributed by atoms with Crippen molar-refractivity contribution in [2.24, 2.45) is 0 Å². The maximum atomic E-state index is 11.9. The highest BCUT2D eigenvalue weighted by Crippen LogP contribution is 2.21. The van der Waals surface area contributed by atoms with Crippen LogP contribution in [0.15, 0.2) is 23.3 Å². The van der Waals surface area contributed by atoms with Gasteiger partial charge in [0.05, 0.1) is 12.4 Å². The molecule has 80 valence electrons. The number of halogens is 2. The third-order valence-electron chi connectivity index (χ3n) is 2.49. The summed E-state index contributed by atoms with van der Waals surface area (Å²) in [6, 6.07) is 0.143. The second-order valence-corrected chi connectivity index (χ2v) is 4.92. The van der Waals surface area contributed by atoms with E-state index in [2.05, 4.69) is 17.1 Å². The van der Waals surface area contributed by atoms with Crippen LogP contribution in [0.3, 0.4) is 0 Å². The average Bonchev–Trinajstić information content (AvgIpc) is 2.27. The van der Waals surface area contributed by atoms with Crippen LogP contribution < -0.4 is 5.56 Å². The van der Waals surface area contributed by atoms with E-state index in [0.717, 1.165) is 19.3 Å². The molecular weight excluding hydrogens is 326 g/mol. The van der Waals surface area contributed by atoms with Crippen LogP contribution in [-0.2, 0) is 0 Å². The van der Waals surface area contributed by atoms with Gasteiger partial charge in [0, 0.05) is 0 Å². The SMILES string of the molecule is O=c1c(I)c(Cl)ncn1C1C=CCCC1. The second kappa shape index (κ2) is 4.65. The van der Waals surface area contributed by atoms with Crippen molar-refractivity contribution in [3.8, 4) is 0 Å². The molecule has 0 saturated carbocycles. The predicted octanol–water partition coefficient (Wildman–Crippen LogP) is 2.78. The molecule has 5 heteroatoms. The topological polar surface area (TPSA) is 34.9 Å². The Hall–Kier alpha value is -0.360. The van der Waals surface area contributed by atoms with Crippen LogP contribution >= 0.6 is 34.2 Å². The fourth-order valence-electron chi connectivity index (χ4n) is 1.69. The number of allylic oxidation sites excluding steroid dienone is 2. The van der Waals surface area contributed by atoms with Gasteiger partial charge in [-0.15, -0.1) is 0 Å². The molecule has 0 radical (unpaired) electrons. The van der Waals surface area contributed by atoms with Crippen LogP contribution in [0, 0.1) is 3.57 Å². The predicted molar refractivity (Wildman–Crippen MR) is 68.3 cm³/mol. The Bertz CT molecular complexity index is 455. The molecule has 0 N–H and O–H groups in total. The monoisotopic (exact) mass is 336 g/mol. The van der Waals surface area contributed by atoms with Crippen LogP contribution in [0.1, 0.15) is 25.3 Å². The molecule has 0 spiro atoms. The summed E-state index contributed by atoms with van der Waals surface area (Å²) in [5.41, 5.74) is -0.0489. The van der Waals surface area contributed by atoms with Gasteiger partial charge >= 0.3 is 0 Å². The Morgan fingerprint density at radius 1 is 1.60 bits per heavy atom. The molecular formula is C10H10ClIN2O. The summed E-state index contributed by atoms with van der Waals surface area (Å²) >= 11 is 7.71. The standard InChI is InChI=1S/C10H10ClIN2O/c11-9-8(12)10(15)14(6-13-9)7-4-2-1-3-5-7/h2,4,6-7H,1,3,5H2. The molecule has 0 aliphatic heterocycles. The van der Waals surface area contributed by atoms with E-state index in [-0.39, 0.29) is 16.8 Å². The zero-order chi connectivity index (χ0) is 10.8. The average molecular weight is 337 g/mol. The first-order chi connectivity index (χ1) is 7.20. The van der Waals surface area contributed by atoms with Crippen molar-refractivity contribution in [2.45, 2.75) is 25.3 Å². The molecule has 0 fully saturated rings. The molecule has 1 aliphatic carbocycles. The molecule has 15 heavy (non-hydrogen) atoms. The van der Waals surface area contributed by atoms with Crippen LogP contribution in [0.25, 0.3) is 0 Å². The van der Waals surface area contributed by atoms with Crippen molar-refractivity contribution >= 4 is 34.2 Å². The van der Waals surface area contributed by atoms with Crippen LogP contribution in [-0.4, -0.2) is 9.55 Å². The van der Waals surface area contributed by atoms with E-state index < -0.39 is 0 Å². The molecule has 2 rings (SSSR count). The van der Waals surface area contributed by atoms with Gasteiger partial charge in [-0.05, 0) is 41.9 Å². The maximum absolute atomic E-state index is 11.9. The Labute approximate surface area is 106 Å². The summed E-state index contributed by atoms with van der Waals surface area (Å²) < 4.78 is 2.15. The molecule has 0 bridgehead atoms. The minimum atomic E-state index is -0.0489. The molecule has 1 unspecified atom stereocenters. The molecule has 0 saturated heterocycles. The van der Waals surface area contributed by atoms with E-state index in [1.165, 1.54) is 6.33 Å². The lowest BCUT2D eigenvalue weighted by Gasteiger charge is -2.18. The molecule has 1 aromatic rings. The molecule has 0 amide bonds. The van der Waals surface area contributed by atoms with Gasteiger partial charge in [0.15, 0.2) is 0 Å². The fraction of sp³-hybridized carbons (Fsp3) is 0.400. The van der Waals surface area contributed by atoms with Crippen molar-refractivity contribution in [3.05, 3.63) is 37.6 Å². The summed E-state index contributed by atoms with van der Waals surface area (Å²) in [6.45, 7) is 0. The van der Waals surface area contributed by atoms with Gasteiger partial charge < -0.3 is 0 Å². The van der Waals surface area contributed by atoms with Gasteiger partial charge in [0.1, 0.15) is 8.72 Å². The van der Waals surface area contributed by atoms with Gasteiger partial charge in [-0.25, -0.2) is 4.98 Å². The minimum absolute atomic E-state index is 0.0489. The fourth-order valence-corrected chi connectivity index (χ4v) is 2.23. The van der Waals surface area contributed by atoms with Crippen molar-refractivity contribution in [1.82, 2.24) is 9.55 Å². The first-order valence-electron chi connectivity index (χ1n) is 4.79. The van der Waals surface area contributed by atoms with Crippen molar-refractivity contribution < 1.29 is 0 Å². The van der Waals surface area contributed by atoms with Crippen LogP contribution in [0.5, 0.6) is 0 Å². The highest BCUT2D eigenvalue weighted by atomic mass is 127. The Kier molecular flexibility index (Phi) is 3.45. The van der Waals surface area contributed by atoms with Gasteiger partial charge in [-0.3, -0.25) is 9.36 Å². The highest BCUT2D eigenvalue weighted by molar-refractivity contribution is 14.1. The zero-order valence-corrected chi connectivity index (χ0v) is 10.9. The minimum Gasteiger partial charge on any atom is -0.291 e. The lowest BCUT2D eigenvalue weighted by Crippen LogP contribution is -2.27. The third kappa shape index (κ3) is 2.25. The van der Waals surface area contributed by atoms with Gasteiger partial charge in [0.2, 0.25) is 0 Å².